The number of benzene rings is 2. The summed E-state index contributed by atoms with van der Waals surface area (Å²) in [5, 5.41) is 13.8. The average Bonchev–Trinajstić information content (AvgIpc) is 3.48. The molecule has 9 nitrogen and oxygen atoms in total. The Morgan fingerprint density at radius 2 is 2.00 bits per heavy atom. The van der Waals surface area contributed by atoms with Crippen LogP contribution in [-0.4, -0.2) is 53.8 Å². The number of H-pyrrole nitrogens is 1. The predicted molar refractivity (Wildman–Crippen MR) is 139 cm³/mol. The highest BCUT2D eigenvalue weighted by molar-refractivity contribution is 6.31. The molecule has 4 heterocycles. The molecule has 2 aliphatic rings. The van der Waals surface area contributed by atoms with Crippen molar-refractivity contribution in [1.29, 1.82) is 0 Å². The second-order valence-electron chi connectivity index (χ2n) is 9.84. The Kier molecular flexibility index (Phi) is 5.14. The molecule has 1 aliphatic heterocycles. The summed E-state index contributed by atoms with van der Waals surface area (Å²) in [6.07, 6.45) is 8.92. The Bertz CT molecular complexity index is 1650. The largest absolute Gasteiger partial charge is 0.486 e. The van der Waals surface area contributed by atoms with E-state index >= 15 is 0 Å². The van der Waals surface area contributed by atoms with Crippen LogP contribution < -0.4 is 4.74 Å². The van der Waals surface area contributed by atoms with Crippen LogP contribution in [0.3, 0.4) is 0 Å². The molecule has 1 saturated carbocycles. The van der Waals surface area contributed by atoms with Gasteiger partial charge in [0.2, 0.25) is 5.91 Å². The number of carbonyl (C=O) groups is 1. The first-order chi connectivity index (χ1) is 18.0. The number of nitrogens with zero attached hydrogens (tertiary/aromatic N) is 6. The van der Waals surface area contributed by atoms with E-state index in [9.17, 15) is 4.79 Å². The fourth-order valence-corrected chi connectivity index (χ4v) is 5.20. The smallest absolute Gasteiger partial charge is 0.225 e. The fourth-order valence-electron chi connectivity index (χ4n) is 4.98. The van der Waals surface area contributed by atoms with Gasteiger partial charge in [0.15, 0.2) is 0 Å². The molecule has 2 fully saturated rings. The van der Waals surface area contributed by atoms with E-state index < -0.39 is 0 Å². The highest BCUT2D eigenvalue weighted by Gasteiger charge is 2.40. The predicted octanol–water partition coefficient (Wildman–Crippen LogP) is 4.96. The Labute approximate surface area is 217 Å². The maximum atomic E-state index is 12.2. The van der Waals surface area contributed by atoms with E-state index in [4.69, 9.17) is 16.3 Å². The Balaban J connectivity index is 1.13. The number of aromatic amines is 1. The molecule has 5 aromatic rings. The highest BCUT2D eigenvalue weighted by atomic mass is 35.5. The zero-order chi connectivity index (χ0) is 25.1. The molecule has 3 aromatic heterocycles. The maximum Gasteiger partial charge on any atom is 0.225 e. The number of halogens is 1. The van der Waals surface area contributed by atoms with Crippen molar-refractivity contribution < 1.29 is 9.53 Å². The van der Waals surface area contributed by atoms with Gasteiger partial charge in [-0.15, -0.1) is 0 Å². The van der Waals surface area contributed by atoms with E-state index in [0.717, 1.165) is 64.7 Å². The molecular weight excluding hydrogens is 490 g/mol. The van der Waals surface area contributed by atoms with Gasteiger partial charge >= 0.3 is 0 Å². The molecule has 0 spiro atoms. The Morgan fingerprint density at radius 1 is 1.16 bits per heavy atom. The maximum absolute atomic E-state index is 12.2. The van der Waals surface area contributed by atoms with Gasteiger partial charge in [-0.05, 0) is 50.1 Å². The SMILES string of the molecule is CC(Oc1ccc2[nH]nc(-c3cnn(C4CN(C(=O)C5CC5)C4)c3)c2c1)c1cc(Cl)cc2nccnc12. The van der Waals surface area contributed by atoms with E-state index in [1.54, 1.807) is 18.5 Å². The van der Waals surface area contributed by atoms with Crippen molar-refractivity contribution in [2.45, 2.75) is 31.9 Å². The van der Waals surface area contributed by atoms with Crippen LogP contribution in [0.15, 0.2) is 55.1 Å². The lowest BCUT2D eigenvalue weighted by atomic mass is 10.1. The van der Waals surface area contributed by atoms with Gasteiger partial charge in [0.25, 0.3) is 0 Å². The van der Waals surface area contributed by atoms with Gasteiger partial charge in [-0.25, -0.2) is 0 Å². The zero-order valence-electron chi connectivity index (χ0n) is 20.1. The summed E-state index contributed by atoms with van der Waals surface area (Å²) in [7, 11) is 0. The number of nitrogens with one attached hydrogen (secondary N) is 1. The van der Waals surface area contributed by atoms with Crippen LogP contribution in [0.25, 0.3) is 33.2 Å². The van der Waals surface area contributed by atoms with Crippen LogP contribution in [0.5, 0.6) is 5.75 Å². The number of hydrogen-bond acceptors (Lipinski definition) is 6. The van der Waals surface area contributed by atoms with Crippen molar-refractivity contribution in [2.24, 2.45) is 5.92 Å². The molecule has 0 bridgehead atoms. The van der Waals surface area contributed by atoms with Crippen LogP contribution in [0.4, 0.5) is 0 Å². The lowest BCUT2D eigenvalue weighted by Crippen LogP contribution is -2.51. The van der Waals surface area contributed by atoms with Gasteiger partial charge < -0.3 is 9.64 Å². The number of hydrogen-bond donors (Lipinski definition) is 1. The molecule has 1 amide bonds. The number of ether oxygens (including phenoxy) is 1. The van der Waals surface area contributed by atoms with Crippen molar-refractivity contribution in [3.63, 3.8) is 0 Å². The average molecular weight is 514 g/mol. The molecule has 1 N–H and O–H groups in total. The second-order valence-corrected chi connectivity index (χ2v) is 10.3. The standard InChI is InChI=1S/C27H24ClN7O2/c1-15(21-8-18(28)9-24-26(21)30-7-6-29-24)37-20-4-5-23-22(10-20)25(33-32-23)17-11-31-35(12-17)19-13-34(14-19)27(36)16-2-3-16/h4-12,15-16,19H,2-3,13-14H2,1H3,(H,32,33). The van der Waals surface area contributed by atoms with Crippen molar-refractivity contribution in [1.82, 2.24) is 34.8 Å². The summed E-state index contributed by atoms with van der Waals surface area (Å²) in [6.45, 7) is 3.41. The summed E-state index contributed by atoms with van der Waals surface area (Å²) in [5.41, 5.74) is 5.01. The topological polar surface area (TPSA) is 102 Å². The molecule has 186 valence electrons. The number of fused-ring (bicyclic) bond motifs is 2. The van der Waals surface area contributed by atoms with Gasteiger partial charge in [-0.2, -0.15) is 10.2 Å². The van der Waals surface area contributed by atoms with Gasteiger partial charge in [0.1, 0.15) is 17.5 Å². The van der Waals surface area contributed by atoms with Gasteiger partial charge in [0, 0.05) is 59.1 Å². The van der Waals surface area contributed by atoms with Crippen molar-refractivity contribution in [3.05, 3.63) is 65.7 Å². The molecule has 2 aromatic carbocycles. The second kappa shape index (κ2) is 8.55. The van der Waals surface area contributed by atoms with E-state index in [1.165, 1.54) is 0 Å². The summed E-state index contributed by atoms with van der Waals surface area (Å²) < 4.78 is 8.28. The summed E-state index contributed by atoms with van der Waals surface area (Å²) in [5.74, 6) is 1.26. The Morgan fingerprint density at radius 3 is 2.84 bits per heavy atom. The van der Waals surface area contributed by atoms with Crippen molar-refractivity contribution in [2.75, 3.05) is 13.1 Å². The molecule has 37 heavy (non-hydrogen) atoms. The first-order valence-corrected chi connectivity index (χ1v) is 12.8. The highest BCUT2D eigenvalue weighted by Crippen LogP contribution is 2.36. The Hall–Kier alpha value is -3.98. The van der Waals surface area contributed by atoms with E-state index in [0.29, 0.717) is 16.7 Å². The zero-order valence-corrected chi connectivity index (χ0v) is 20.9. The minimum Gasteiger partial charge on any atom is -0.486 e. The van der Waals surface area contributed by atoms with Crippen LogP contribution >= 0.6 is 11.6 Å². The normalized spacial score (nSPS) is 16.8. The molecule has 1 saturated heterocycles. The third kappa shape index (κ3) is 3.99. The summed E-state index contributed by atoms with van der Waals surface area (Å²) >= 11 is 6.34. The summed E-state index contributed by atoms with van der Waals surface area (Å²) in [4.78, 5) is 23.0. The number of amides is 1. The fraction of sp³-hybridized carbons (Fsp3) is 0.296. The van der Waals surface area contributed by atoms with Crippen molar-refractivity contribution in [3.8, 4) is 17.0 Å². The van der Waals surface area contributed by atoms with Gasteiger partial charge in [-0.3, -0.25) is 24.5 Å². The third-order valence-electron chi connectivity index (χ3n) is 7.20. The van der Waals surface area contributed by atoms with Gasteiger partial charge in [-0.1, -0.05) is 11.6 Å². The number of aromatic nitrogens is 6. The van der Waals surface area contributed by atoms with Crippen LogP contribution in [0.2, 0.25) is 5.02 Å². The molecule has 0 radical (unpaired) electrons. The van der Waals surface area contributed by atoms with Crippen LogP contribution in [-0.2, 0) is 4.79 Å². The lowest BCUT2D eigenvalue weighted by molar-refractivity contribution is -0.138. The molecule has 1 atom stereocenters. The van der Waals surface area contributed by atoms with E-state index in [-0.39, 0.29) is 18.1 Å². The number of carbonyl (C=O) groups excluding carboxylic acids is 1. The molecule has 7 rings (SSSR count). The third-order valence-corrected chi connectivity index (χ3v) is 7.42. The molecule has 10 heteroatoms. The first kappa shape index (κ1) is 22.2. The molecule has 1 aliphatic carbocycles. The number of rotatable bonds is 6. The monoisotopic (exact) mass is 513 g/mol. The minimum atomic E-state index is -0.298. The number of likely N-dealkylation sites (tertiary alicyclic amines) is 1. The van der Waals surface area contributed by atoms with Crippen LogP contribution in [0, 0.1) is 5.92 Å². The van der Waals surface area contributed by atoms with Gasteiger partial charge in [0.05, 0.1) is 28.8 Å². The summed E-state index contributed by atoms with van der Waals surface area (Å²) in [6, 6.07) is 9.75. The van der Waals surface area contributed by atoms with Crippen molar-refractivity contribution >= 4 is 39.4 Å². The lowest BCUT2D eigenvalue weighted by Gasteiger charge is -2.39. The van der Waals surface area contributed by atoms with Crippen LogP contribution in [0.1, 0.15) is 37.5 Å². The van der Waals surface area contributed by atoms with E-state index in [1.807, 2.05) is 53.2 Å². The van der Waals surface area contributed by atoms with E-state index in [2.05, 4.69) is 25.3 Å². The first-order valence-electron chi connectivity index (χ1n) is 12.4. The molecule has 1 unspecified atom stereocenters. The molecular formula is C27H24ClN7O2. The minimum absolute atomic E-state index is 0.206. The quantitative estimate of drug-likeness (QED) is 0.344.